The molecule has 1 amide bonds. The molecule has 1 aliphatic rings. The van der Waals surface area contributed by atoms with Gasteiger partial charge in [-0.3, -0.25) is 4.79 Å². The van der Waals surface area contributed by atoms with Crippen LogP contribution in [0.2, 0.25) is 5.02 Å². The van der Waals surface area contributed by atoms with E-state index in [1.165, 1.54) is 0 Å². The standard InChI is InChI=1S/C19H20ClNO5/c1-21(7-6-12-4-5-15(23-2)16(8-12)24-3)19(22)13-9-14(20)18-17(10-13)25-11-26-18/h4-5,8-10H,6-7,11H2,1-3H3. The van der Waals surface area contributed by atoms with E-state index in [9.17, 15) is 4.79 Å². The number of halogens is 1. The van der Waals surface area contributed by atoms with Gasteiger partial charge in [-0.15, -0.1) is 0 Å². The Morgan fingerprint density at radius 3 is 2.65 bits per heavy atom. The number of rotatable bonds is 6. The molecule has 0 atom stereocenters. The maximum atomic E-state index is 12.7. The van der Waals surface area contributed by atoms with E-state index in [-0.39, 0.29) is 12.7 Å². The zero-order valence-electron chi connectivity index (χ0n) is 14.9. The monoisotopic (exact) mass is 377 g/mol. The Balaban J connectivity index is 1.68. The van der Waals surface area contributed by atoms with Crippen LogP contribution in [0.5, 0.6) is 23.0 Å². The topological polar surface area (TPSA) is 57.2 Å². The molecule has 0 saturated carbocycles. The van der Waals surface area contributed by atoms with Crippen molar-refractivity contribution in [2.45, 2.75) is 6.42 Å². The van der Waals surface area contributed by atoms with E-state index in [1.54, 1.807) is 38.3 Å². The van der Waals surface area contributed by atoms with Gasteiger partial charge in [-0.1, -0.05) is 17.7 Å². The van der Waals surface area contributed by atoms with Crippen molar-refractivity contribution in [3.05, 3.63) is 46.5 Å². The minimum Gasteiger partial charge on any atom is -0.493 e. The number of carbonyl (C=O) groups excluding carboxylic acids is 1. The first kappa shape index (κ1) is 18.2. The first-order valence-corrected chi connectivity index (χ1v) is 8.46. The number of amides is 1. The largest absolute Gasteiger partial charge is 0.493 e. The second-order valence-corrected chi connectivity index (χ2v) is 6.27. The predicted molar refractivity (Wildman–Crippen MR) is 97.8 cm³/mol. The molecule has 1 aliphatic heterocycles. The molecule has 0 fully saturated rings. The summed E-state index contributed by atoms with van der Waals surface area (Å²) in [5, 5.41) is 0.372. The highest BCUT2D eigenvalue weighted by Crippen LogP contribution is 2.40. The van der Waals surface area contributed by atoms with Crippen LogP contribution in [0.15, 0.2) is 30.3 Å². The molecule has 7 heteroatoms. The van der Waals surface area contributed by atoms with Gasteiger partial charge >= 0.3 is 0 Å². The quantitative estimate of drug-likeness (QED) is 0.772. The van der Waals surface area contributed by atoms with Crippen molar-refractivity contribution in [2.75, 3.05) is 34.6 Å². The Labute approximate surface area is 157 Å². The first-order valence-electron chi connectivity index (χ1n) is 8.09. The third-order valence-electron chi connectivity index (χ3n) is 4.20. The molecule has 0 aromatic heterocycles. The summed E-state index contributed by atoms with van der Waals surface area (Å²) in [6, 6.07) is 8.98. The zero-order chi connectivity index (χ0) is 18.7. The number of nitrogens with zero attached hydrogens (tertiary/aromatic N) is 1. The van der Waals surface area contributed by atoms with Crippen LogP contribution in [-0.4, -0.2) is 45.4 Å². The van der Waals surface area contributed by atoms with Crippen LogP contribution in [0.4, 0.5) is 0 Å². The molecule has 3 rings (SSSR count). The van der Waals surface area contributed by atoms with Gasteiger partial charge < -0.3 is 23.8 Å². The molecule has 0 radical (unpaired) electrons. The van der Waals surface area contributed by atoms with Gasteiger partial charge in [-0.05, 0) is 36.2 Å². The molecule has 138 valence electrons. The number of hydrogen-bond donors (Lipinski definition) is 0. The highest BCUT2D eigenvalue weighted by atomic mass is 35.5. The summed E-state index contributed by atoms with van der Waals surface area (Å²) >= 11 is 6.16. The van der Waals surface area contributed by atoms with Crippen LogP contribution < -0.4 is 18.9 Å². The number of ether oxygens (including phenoxy) is 4. The van der Waals surface area contributed by atoms with E-state index < -0.39 is 0 Å². The van der Waals surface area contributed by atoms with Crippen molar-refractivity contribution in [2.24, 2.45) is 0 Å². The number of benzene rings is 2. The van der Waals surface area contributed by atoms with Crippen molar-refractivity contribution in [1.29, 1.82) is 0 Å². The van der Waals surface area contributed by atoms with Gasteiger partial charge in [0.15, 0.2) is 23.0 Å². The van der Waals surface area contributed by atoms with E-state index in [0.717, 1.165) is 5.56 Å². The number of methoxy groups -OCH3 is 2. The van der Waals surface area contributed by atoms with Crippen molar-refractivity contribution in [3.8, 4) is 23.0 Å². The molecule has 0 bridgehead atoms. The minimum absolute atomic E-state index is 0.113. The zero-order valence-corrected chi connectivity index (χ0v) is 15.6. The molecule has 2 aromatic rings. The lowest BCUT2D eigenvalue weighted by atomic mass is 10.1. The summed E-state index contributed by atoms with van der Waals surface area (Å²) < 4.78 is 21.1. The van der Waals surface area contributed by atoms with Crippen molar-refractivity contribution in [3.63, 3.8) is 0 Å². The third-order valence-corrected chi connectivity index (χ3v) is 4.49. The summed E-state index contributed by atoms with van der Waals surface area (Å²) in [7, 11) is 4.95. The number of hydrogen-bond acceptors (Lipinski definition) is 5. The SMILES string of the molecule is COc1ccc(CCN(C)C(=O)c2cc(Cl)c3c(c2)OCO3)cc1OC. The van der Waals surface area contributed by atoms with Gasteiger partial charge in [-0.25, -0.2) is 0 Å². The van der Waals surface area contributed by atoms with Gasteiger partial charge in [0, 0.05) is 19.2 Å². The van der Waals surface area contributed by atoms with E-state index in [1.807, 2.05) is 18.2 Å². The number of fused-ring (bicyclic) bond motifs is 1. The van der Waals surface area contributed by atoms with Crippen LogP contribution in [-0.2, 0) is 6.42 Å². The fourth-order valence-corrected chi connectivity index (χ4v) is 3.01. The molecule has 0 aliphatic carbocycles. The molecule has 2 aromatic carbocycles. The van der Waals surface area contributed by atoms with Crippen molar-refractivity contribution < 1.29 is 23.7 Å². The molecular formula is C19H20ClNO5. The molecule has 0 spiro atoms. The average Bonchev–Trinajstić information content (AvgIpc) is 3.14. The Bertz CT molecular complexity index is 824. The van der Waals surface area contributed by atoms with Gasteiger partial charge in [0.05, 0.1) is 19.2 Å². The molecule has 6 nitrogen and oxygen atoms in total. The maximum absolute atomic E-state index is 12.7. The average molecular weight is 378 g/mol. The lowest BCUT2D eigenvalue weighted by molar-refractivity contribution is 0.0796. The van der Waals surface area contributed by atoms with Gasteiger partial charge in [0.1, 0.15) is 0 Å². The minimum atomic E-state index is -0.134. The Morgan fingerprint density at radius 2 is 1.92 bits per heavy atom. The molecule has 0 N–H and O–H groups in total. The summed E-state index contributed by atoms with van der Waals surface area (Å²) in [6.07, 6.45) is 0.681. The molecule has 0 unspecified atom stereocenters. The Hall–Kier alpha value is -2.60. The highest BCUT2D eigenvalue weighted by Gasteiger charge is 2.22. The van der Waals surface area contributed by atoms with Crippen LogP contribution in [0.25, 0.3) is 0 Å². The second-order valence-electron chi connectivity index (χ2n) is 5.86. The van der Waals surface area contributed by atoms with Crippen LogP contribution in [0.3, 0.4) is 0 Å². The van der Waals surface area contributed by atoms with E-state index >= 15 is 0 Å². The molecular weight excluding hydrogens is 358 g/mol. The second kappa shape index (κ2) is 7.74. The van der Waals surface area contributed by atoms with E-state index in [2.05, 4.69) is 0 Å². The van der Waals surface area contributed by atoms with Crippen molar-refractivity contribution in [1.82, 2.24) is 4.90 Å². The number of carbonyl (C=O) groups is 1. The van der Waals surface area contributed by atoms with Crippen molar-refractivity contribution >= 4 is 17.5 Å². The lowest BCUT2D eigenvalue weighted by Gasteiger charge is -2.18. The fraction of sp³-hybridized carbons (Fsp3) is 0.316. The summed E-state index contributed by atoms with van der Waals surface area (Å²) in [5.41, 5.74) is 1.51. The summed E-state index contributed by atoms with van der Waals surface area (Å²) in [6.45, 7) is 0.655. The number of likely N-dealkylation sites (N-methyl/N-ethyl adjacent to an activating group) is 1. The Kier molecular flexibility index (Phi) is 5.42. The third kappa shape index (κ3) is 3.65. The summed E-state index contributed by atoms with van der Waals surface area (Å²) in [4.78, 5) is 14.3. The smallest absolute Gasteiger partial charge is 0.253 e. The normalized spacial score (nSPS) is 12.0. The first-order chi connectivity index (χ1) is 12.5. The van der Waals surface area contributed by atoms with Crippen LogP contribution >= 0.6 is 11.6 Å². The van der Waals surface area contributed by atoms with Crippen LogP contribution in [0, 0.1) is 0 Å². The summed E-state index contributed by atoms with van der Waals surface area (Å²) in [5.74, 6) is 2.19. The molecule has 1 heterocycles. The fourth-order valence-electron chi connectivity index (χ4n) is 2.75. The van der Waals surface area contributed by atoms with Gasteiger partial charge in [0.2, 0.25) is 6.79 Å². The molecule has 26 heavy (non-hydrogen) atoms. The van der Waals surface area contributed by atoms with Crippen LogP contribution in [0.1, 0.15) is 15.9 Å². The Morgan fingerprint density at radius 1 is 1.15 bits per heavy atom. The van der Waals surface area contributed by atoms with E-state index in [0.29, 0.717) is 46.5 Å². The van der Waals surface area contributed by atoms with Gasteiger partial charge in [0.25, 0.3) is 5.91 Å². The predicted octanol–water partition coefficient (Wildman–Crippen LogP) is 3.40. The lowest BCUT2D eigenvalue weighted by Crippen LogP contribution is -2.28. The molecule has 0 saturated heterocycles. The van der Waals surface area contributed by atoms with Gasteiger partial charge in [-0.2, -0.15) is 0 Å². The highest BCUT2D eigenvalue weighted by molar-refractivity contribution is 6.32. The maximum Gasteiger partial charge on any atom is 0.253 e. The van der Waals surface area contributed by atoms with E-state index in [4.69, 9.17) is 30.5 Å².